The molecule has 0 radical (unpaired) electrons. The van der Waals surface area contributed by atoms with Crippen LogP contribution in [0.15, 0.2) is 0 Å². The molecule has 0 atom stereocenters. The minimum absolute atomic E-state index is 0.0184. The van der Waals surface area contributed by atoms with Gasteiger partial charge in [-0.05, 0) is 138 Å². The standard InChI is InChI=1S/C25H60O12Si4.C25H60O8Si4/c1-26-38(27-2,28-3)21-13-17-25(18-14-22-39(29-4,30-5)31-6,19-15-23-40(32-7,33-8)34-9)20-16-24-41(35-10,36-11)37-12;1-26-34(9,27-2)21-13-17-25(18-14-22-35(10,28-3)29-4,19-15-23-36(11,30-5)31-6)20-16-24-37(12,32-7)33-8/h13-24H2,1-12H3;13-24H2,1-12H3. The Bertz CT molecular complexity index is 1200. The van der Waals surface area contributed by atoms with Crippen LogP contribution < -0.4 is 0 Å². The number of rotatable bonds is 52. The van der Waals surface area contributed by atoms with Gasteiger partial charge in [-0.1, -0.05) is 25.7 Å². The molecule has 0 N–H and O–H groups in total. The molecule has 0 aromatic rings. The Hall–Kier alpha value is 0.935. The highest BCUT2D eigenvalue weighted by atomic mass is 28.4. The lowest BCUT2D eigenvalue weighted by molar-refractivity contribution is 0.108. The SMILES string of the molecule is CO[Si](C)(CCCC(CCC[Si](C)(OC)OC)(CCC[Si](C)(OC)OC)CCC[Si](C)(OC)OC)OC.CO[Si](CCCC(CCC[Si](OC)(OC)OC)(CCC[Si](OC)(OC)OC)CCC[Si](OC)(OC)OC)(OC)OC. The summed E-state index contributed by atoms with van der Waals surface area (Å²) >= 11 is 0. The quantitative estimate of drug-likeness (QED) is 0.0523. The molecule has 0 aromatic carbocycles. The van der Waals surface area contributed by atoms with E-state index in [-0.39, 0.29) is 10.8 Å². The number of hydrogen-bond donors (Lipinski definition) is 0. The molecule has 20 nitrogen and oxygen atoms in total. The van der Waals surface area contributed by atoms with Gasteiger partial charge in [0.1, 0.15) is 0 Å². The van der Waals surface area contributed by atoms with Gasteiger partial charge in [-0.25, -0.2) is 0 Å². The summed E-state index contributed by atoms with van der Waals surface area (Å²) in [6.07, 6.45) is 16.4. The van der Waals surface area contributed by atoms with Crippen LogP contribution >= 0.6 is 0 Å². The van der Waals surface area contributed by atoms with E-state index >= 15 is 0 Å². The van der Waals surface area contributed by atoms with Gasteiger partial charge >= 0.3 is 69.5 Å². The van der Waals surface area contributed by atoms with Gasteiger partial charge in [0.2, 0.25) is 0 Å². The lowest BCUT2D eigenvalue weighted by Gasteiger charge is -2.38. The van der Waals surface area contributed by atoms with Crippen molar-refractivity contribution >= 4 is 69.5 Å². The lowest BCUT2D eigenvalue weighted by atomic mass is 9.72. The Morgan fingerprint density at radius 3 is 0.397 bits per heavy atom. The van der Waals surface area contributed by atoms with Crippen molar-refractivity contribution in [2.45, 2.75) is 177 Å². The van der Waals surface area contributed by atoms with E-state index in [4.69, 9.17) is 88.5 Å². The van der Waals surface area contributed by atoms with Gasteiger partial charge in [-0.3, -0.25) is 0 Å². The molecule has 0 aliphatic heterocycles. The topological polar surface area (TPSA) is 185 Å². The van der Waals surface area contributed by atoms with Crippen molar-refractivity contribution in [1.29, 1.82) is 0 Å². The van der Waals surface area contributed by atoms with Crippen molar-refractivity contribution in [3.8, 4) is 0 Å². The molecule has 0 unspecified atom stereocenters. The van der Waals surface area contributed by atoms with Gasteiger partial charge in [0.15, 0.2) is 0 Å². The van der Waals surface area contributed by atoms with Crippen LogP contribution in [0.25, 0.3) is 0 Å². The average molecular weight is 1270 g/mol. The van der Waals surface area contributed by atoms with Crippen LogP contribution in [0.4, 0.5) is 0 Å². The Labute approximate surface area is 485 Å². The molecule has 0 saturated carbocycles. The summed E-state index contributed by atoms with van der Waals surface area (Å²) in [6, 6.07) is 6.89. The highest BCUT2D eigenvalue weighted by Gasteiger charge is 2.45. The van der Waals surface area contributed by atoms with Crippen LogP contribution in [0.5, 0.6) is 0 Å². The first kappa shape index (κ1) is 81.0. The zero-order chi connectivity index (χ0) is 60.1. The van der Waals surface area contributed by atoms with Gasteiger partial charge in [-0.2, -0.15) is 0 Å². The molecular weight excluding hydrogens is 1150 g/mol. The fourth-order valence-corrected chi connectivity index (χ4v) is 23.2. The monoisotopic (exact) mass is 1260 g/mol. The van der Waals surface area contributed by atoms with Gasteiger partial charge in [0, 0.05) is 166 Å². The zero-order valence-corrected chi connectivity index (χ0v) is 62.1. The molecule has 28 heteroatoms. The predicted molar refractivity (Wildman–Crippen MR) is 327 cm³/mol. The molecule has 0 aliphatic rings. The minimum atomic E-state index is -2.71. The van der Waals surface area contributed by atoms with Gasteiger partial charge < -0.3 is 88.5 Å². The maximum atomic E-state index is 5.80. The first-order valence-corrected chi connectivity index (χ1v) is 45.7. The molecule has 0 amide bonds. The van der Waals surface area contributed by atoms with E-state index in [9.17, 15) is 0 Å². The third-order valence-electron chi connectivity index (χ3n) is 17.3. The molecule has 0 saturated heterocycles. The van der Waals surface area contributed by atoms with Crippen LogP contribution in [0.3, 0.4) is 0 Å². The summed E-state index contributed by atoms with van der Waals surface area (Å²) in [7, 11) is 14.9. The van der Waals surface area contributed by atoms with E-state index in [1.807, 2.05) is 0 Å². The largest absolute Gasteiger partial charge is 0.500 e. The average Bonchev–Trinajstić information content (AvgIpc) is 3.47. The first-order chi connectivity index (χ1) is 36.9. The van der Waals surface area contributed by atoms with Crippen LogP contribution in [-0.2, 0) is 88.5 Å². The number of hydrogen-bond acceptors (Lipinski definition) is 20. The molecule has 472 valence electrons. The maximum Gasteiger partial charge on any atom is 0.500 e. The normalized spacial score (nSPS) is 13.8. The van der Waals surface area contributed by atoms with Crippen LogP contribution in [0.2, 0.25) is 74.5 Å². The molecule has 0 bridgehead atoms. The second kappa shape index (κ2) is 41.9. The van der Waals surface area contributed by atoms with Crippen molar-refractivity contribution in [1.82, 2.24) is 0 Å². The Morgan fingerprint density at radius 2 is 0.295 bits per heavy atom. The van der Waals surface area contributed by atoms with E-state index in [0.29, 0.717) is 0 Å². The molecule has 0 aliphatic carbocycles. The van der Waals surface area contributed by atoms with Crippen LogP contribution in [0, 0.1) is 10.8 Å². The van der Waals surface area contributed by atoms with Crippen LogP contribution in [0.1, 0.15) is 103 Å². The zero-order valence-electron chi connectivity index (χ0n) is 54.1. The van der Waals surface area contributed by atoms with Crippen molar-refractivity contribution in [3.63, 3.8) is 0 Å². The second-order valence-electron chi connectivity index (χ2n) is 21.2. The molecule has 0 rings (SSSR count). The lowest BCUT2D eigenvalue weighted by Crippen LogP contribution is -2.44. The summed E-state index contributed by atoms with van der Waals surface area (Å²) in [5, 5.41) is 0. The Morgan fingerprint density at radius 1 is 0.179 bits per heavy atom. The highest BCUT2D eigenvalue weighted by Crippen LogP contribution is 2.46. The van der Waals surface area contributed by atoms with Gasteiger partial charge in [0.25, 0.3) is 0 Å². The first-order valence-electron chi connectivity index (χ1n) is 27.9. The summed E-state index contributed by atoms with van der Waals surface area (Å²) in [5.41, 5.74) is 0.191. The molecule has 0 heterocycles. The Balaban J connectivity index is 0. The third kappa shape index (κ3) is 28.4. The van der Waals surface area contributed by atoms with Crippen LogP contribution in [-0.4, -0.2) is 212 Å². The van der Waals surface area contributed by atoms with Gasteiger partial charge in [0.05, 0.1) is 0 Å². The summed E-state index contributed by atoms with van der Waals surface area (Å²) in [6.45, 7) is 8.63. The van der Waals surface area contributed by atoms with E-state index in [0.717, 1.165) is 151 Å². The fourth-order valence-electron chi connectivity index (χ4n) is 10.7. The van der Waals surface area contributed by atoms with Crippen molar-refractivity contribution in [2.75, 3.05) is 142 Å². The molecule has 78 heavy (non-hydrogen) atoms. The van der Waals surface area contributed by atoms with Crippen molar-refractivity contribution in [3.05, 3.63) is 0 Å². The second-order valence-corrected chi connectivity index (χ2v) is 47.9. The molecule has 0 aromatic heterocycles. The van der Waals surface area contributed by atoms with E-state index in [1.165, 1.54) is 0 Å². The smallest absolute Gasteiger partial charge is 0.398 e. The molecular formula is C50H120O20Si8. The van der Waals surface area contributed by atoms with Crippen molar-refractivity contribution < 1.29 is 88.5 Å². The van der Waals surface area contributed by atoms with E-state index < -0.39 is 69.5 Å². The summed E-state index contributed by atoms with van der Waals surface area (Å²) in [5.74, 6) is 0. The van der Waals surface area contributed by atoms with E-state index in [2.05, 4.69) is 26.2 Å². The Kier molecular flexibility index (Phi) is 43.5. The predicted octanol–water partition coefficient (Wildman–Crippen LogP) is 11.2. The minimum Gasteiger partial charge on any atom is -0.398 e. The molecule has 0 fully saturated rings. The summed E-state index contributed by atoms with van der Waals surface area (Å²) < 4.78 is 115. The fraction of sp³-hybridized carbons (Fsp3) is 1.00. The third-order valence-corrected chi connectivity index (χ3v) is 40.6. The summed E-state index contributed by atoms with van der Waals surface area (Å²) in [4.78, 5) is 0. The maximum absolute atomic E-state index is 5.80. The van der Waals surface area contributed by atoms with Gasteiger partial charge in [-0.15, -0.1) is 0 Å². The highest BCUT2D eigenvalue weighted by molar-refractivity contribution is 6.67. The molecule has 0 spiro atoms. The van der Waals surface area contributed by atoms with Crippen molar-refractivity contribution in [2.24, 2.45) is 10.8 Å². The van der Waals surface area contributed by atoms with E-state index in [1.54, 1.807) is 142 Å².